The van der Waals surface area contributed by atoms with E-state index in [0.717, 1.165) is 0 Å². The molecule has 0 saturated carbocycles. The molecule has 0 nitrogen and oxygen atoms in total. The quantitative estimate of drug-likeness (QED) is 0.477. The molecule has 0 aliphatic heterocycles. The predicted octanol–water partition coefficient (Wildman–Crippen LogP) is 5.14. The minimum atomic E-state index is 0.0778. The summed E-state index contributed by atoms with van der Waals surface area (Å²) in [7, 11) is 0. The molecule has 0 amide bonds. The molecule has 0 fully saturated rings. The SMILES string of the molecule is C=C/C=C\C(C(C)C=C)C(C)(C)c1ccccc1. The second-order valence-electron chi connectivity index (χ2n) is 5.33. The lowest BCUT2D eigenvalue weighted by atomic mass is 9.68. The molecule has 0 N–H and O–H groups in total. The van der Waals surface area contributed by atoms with Crippen molar-refractivity contribution in [3.63, 3.8) is 0 Å². The normalized spacial score (nSPS) is 15.3. The minimum absolute atomic E-state index is 0.0778. The van der Waals surface area contributed by atoms with E-state index in [0.29, 0.717) is 11.8 Å². The molecule has 96 valence electrons. The van der Waals surface area contributed by atoms with E-state index in [1.54, 1.807) is 0 Å². The smallest absolute Gasteiger partial charge is 0.00352 e. The van der Waals surface area contributed by atoms with Gasteiger partial charge in [-0.3, -0.25) is 0 Å². The monoisotopic (exact) mass is 240 g/mol. The average Bonchev–Trinajstić information content (AvgIpc) is 2.39. The number of hydrogen-bond acceptors (Lipinski definition) is 0. The summed E-state index contributed by atoms with van der Waals surface area (Å²) < 4.78 is 0. The number of hydrogen-bond donors (Lipinski definition) is 0. The zero-order valence-corrected chi connectivity index (χ0v) is 11.8. The summed E-state index contributed by atoms with van der Waals surface area (Å²) in [4.78, 5) is 0. The van der Waals surface area contributed by atoms with E-state index in [1.165, 1.54) is 5.56 Å². The van der Waals surface area contributed by atoms with Crippen molar-refractivity contribution in [2.24, 2.45) is 11.8 Å². The summed E-state index contributed by atoms with van der Waals surface area (Å²) in [5.41, 5.74) is 1.44. The zero-order valence-electron chi connectivity index (χ0n) is 11.8. The molecule has 0 aliphatic rings. The topological polar surface area (TPSA) is 0 Å². The van der Waals surface area contributed by atoms with Crippen molar-refractivity contribution in [1.29, 1.82) is 0 Å². The molecule has 0 bridgehead atoms. The van der Waals surface area contributed by atoms with Gasteiger partial charge in [-0.2, -0.15) is 0 Å². The van der Waals surface area contributed by atoms with Crippen LogP contribution in [0.5, 0.6) is 0 Å². The van der Waals surface area contributed by atoms with Crippen LogP contribution >= 0.6 is 0 Å². The van der Waals surface area contributed by atoms with Gasteiger partial charge in [0.1, 0.15) is 0 Å². The van der Waals surface area contributed by atoms with E-state index in [9.17, 15) is 0 Å². The van der Waals surface area contributed by atoms with E-state index in [2.05, 4.69) is 70.3 Å². The molecule has 18 heavy (non-hydrogen) atoms. The number of allylic oxidation sites excluding steroid dienone is 4. The second-order valence-corrected chi connectivity index (χ2v) is 5.33. The molecule has 0 aliphatic carbocycles. The highest BCUT2D eigenvalue weighted by atomic mass is 14.4. The van der Waals surface area contributed by atoms with Crippen LogP contribution in [0.25, 0.3) is 0 Å². The Bertz CT molecular complexity index is 409. The van der Waals surface area contributed by atoms with E-state index in [1.807, 2.05) is 18.2 Å². The maximum Gasteiger partial charge on any atom is -0.00352 e. The summed E-state index contributed by atoms with van der Waals surface area (Å²) in [6.45, 7) is 14.5. The van der Waals surface area contributed by atoms with Crippen molar-refractivity contribution in [3.8, 4) is 0 Å². The molecular weight excluding hydrogens is 216 g/mol. The van der Waals surface area contributed by atoms with Crippen LogP contribution in [0.3, 0.4) is 0 Å². The van der Waals surface area contributed by atoms with Crippen LogP contribution < -0.4 is 0 Å². The van der Waals surface area contributed by atoms with Crippen molar-refractivity contribution in [2.45, 2.75) is 26.2 Å². The largest absolute Gasteiger partial charge is 0.103 e. The van der Waals surface area contributed by atoms with Gasteiger partial charge in [0.05, 0.1) is 0 Å². The lowest BCUT2D eigenvalue weighted by Gasteiger charge is -2.36. The maximum absolute atomic E-state index is 3.94. The predicted molar refractivity (Wildman–Crippen MR) is 81.7 cm³/mol. The summed E-state index contributed by atoms with van der Waals surface area (Å²) in [5.74, 6) is 0.840. The number of benzene rings is 1. The van der Waals surface area contributed by atoms with Crippen LogP contribution in [0.1, 0.15) is 26.3 Å². The molecule has 0 heteroatoms. The van der Waals surface area contributed by atoms with Gasteiger partial charge in [-0.05, 0) is 22.8 Å². The second kappa shape index (κ2) is 6.39. The van der Waals surface area contributed by atoms with Crippen LogP contribution in [0.2, 0.25) is 0 Å². The first-order valence-corrected chi connectivity index (χ1v) is 6.51. The third kappa shape index (κ3) is 3.22. The van der Waals surface area contributed by atoms with Gasteiger partial charge in [0.15, 0.2) is 0 Å². The Balaban J connectivity index is 3.14. The van der Waals surface area contributed by atoms with Gasteiger partial charge in [0.2, 0.25) is 0 Å². The fraction of sp³-hybridized carbons (Fsp3) is 0.333. The fourth-order valence-corrected chi connectivity index (χ4v) is 2.48. The van der Waals surface area contributed by atoms with E-state index in [-0.39, 0.29) is 5.41 Å². The Hall–Kier alpha value is -1.56. The molecular formula is C18H24. The molecule has 0 aromatic heterocycles. The van der Waals surface area contributed by atoms with Crippen LogP contribution in [0, 0.1) is 11.8 Å². The van der Waals surface area contributed by atoms with Gasteiger partial charge in [0.25, 0.3) is 0 Å². The Kier molecular flexibility index (Phi) is 5.15. The Morgan fingerprint density at radius 1 is 1.11 bits per heavy atom. The van der Waals surface area contributed by atoms with E-state index in [4.69, 9.17) is 0 Å². The van der Waals surface area contributed by atoms with Gasteiger partial charge in [-0.1, -0.05) is 82.0 Å². The summed E-state index contributed by atoms with van der Waals surface area (Å²) in [6, 6.07) is 10.7. The Morgan fingerprint density at radius 2 is 1.72 bits per heavy atom. The zero-order chi connectivity index (χ0) is 13.6. The average molecular weight is 240 g/mol. The molecule has 2 atom stereocenters. The molecule has 0 heterocycles. The first kappa shape index (κ1) is 14.5. The van der Waals surface area contributed by atoms with Gasteiger partial charge < -0.3 is 0 Å². The third-order valence-electron chi connectivity index (χ3n) is 3.74. The molecule has 0 radical (unpaired) electrons. The molecule has 0 saturated heterocycles. The lowest BCUT2D eigenvalue weighted by Crippen LogP contribution is -2.31. The minimum Gasteiger partial charge on any atom is -0.103 e. The van der Waals surface area contributed by atoms with Crippen LogP contribution in [0.15, 0.2) is 67.8 Å². The van der Waals surface area contributed by atoms with Crippen molar-refractivity contribution < 1.29 is 0 Å². The molecule has 1 aromatic rings. The van der Waals surface area contributed by atoms with Crippen molar-refractivity contribution >= 4 is 0 Å². The Morgan fingerprint density at radius 3 is 2.22 bits per heavy atom. The molecule has 1 rings (SSSR count). The van der Waals surface area contributed by atoms with Gasteiger partial charge in [-0.15, -0.1) is 6.58 Å². The highest BCUT2D eigenvalue weighted by Crippen LogP contribution is 2.37. The van der Waals surface area contributed by atoms with Crippen molar-refractivity contribution in [2.75, 3.05) is 0 Å². The highest BCUT2D eigenvalue weighted by Gasteiger charge is 2.31. The molecule has 1 aromatic carbocycles. The number of rotatable bonds is 6. The Labute approximate surface area is 112 Å². The van der Waals surface area contributed by atoms with E-state index < -0.39 is 0 Å². The maximum atomic E-state index is 3.94. The van der Waals surface area contributed by atoms with Crippen molar-refractivity contribution in [1.82, 2.24) is 0 Å². The van der Waals surface area contributed by atoms with Crippen molar-refractivity contribution in [3.05, 3.63) is 73.4 Å². The fourth-order valence-electron chi connectivity index (χ4n) is 2.48. The van der Waals surface area contributed by atoms with Crippen LogP contribution in [-0.2, 0) is 5.41 Å². The first-order chi connectivity index (χ1) is 8.54. The van der Waals surface area contributed by atoms with E-state index >= 15 is 0 Å². The molecule has 0 spiro atoms. The van der Waals surface area contributed by atoms with Gasteiger partial charge >= 0.3 is 0 Å². The summed E-state index contributed by atoms with van der Waals surface area (Å²) >= 11 is 0. The van der Waals surface area contributed by atoms with Gasteiger partial charge in [-0.25, -0.2) is 0 Å². The standard InChI is InChI=1S/C18H24/c1-6-8-14-17(15(3)7-2)18(4,5)16-12-10-9-11-13-16/h6-15,17H,1-2H2,3-5H3/b14-8-. The first-order valence-electron chi connectivity index (χ1n) is 6.51. The summed E-state index contributed by atoms with van der Waals surface area (Å²) in [6.07, 6.45) is 8.15. The third-order valence-corrected chi connectivity index (χ3v) is 3.74. The van der Waals surface area contributed by atoms with Crippen LogP contribution in [0.4, 0.5) is 0 Å². The van der Waals surface area contributed by atoms with Crippen LogP contribution in [-0.4, -0.2) is 0 Å². The lowest BCUT2D eigenvalue weighted by molar-refractivity contribution is 0.321. The van der Waals surface area contributed by atoms with Gasteiger partial charge in [0, 0.05) is 0 Å². The summed E-state index contributed by atoms with van der Waals surface area (Å²) in [5, 5.41) is 0. The molecule has 2 unspecified atom stereocenters. The highest BCUT2D eigenvalue weighted by molar-refractivity contribution is 5.27.